The number of piperazine rings is 1. The summed E-state index contributed by atoms with van der Waals surface area (Å²) in [5.74, 6) is -0.654. The molecule has 0 aliphatic carbocycles. The number of ether oxygens (including phenoxy) is 1. The third-order valence-electron chi connectivity index (χ3n) is 10.9. The zero-order valence-corrected chi connectivity index (χ0v) is 34.3. The molecule has 3 aliphatic heterocycles. The first-order valence-corrected chi connectivity index (χ1v) is 19.9. The lowest BCUT2D eigenvalue weighted by molar-refractivity contribution is -0.138. The summed E-state index contributed by atoms with van der Waals surface area (Å²) in [5, 5.41) is 17.7. The van der Waals surface area contributed by atoms with Crippen molar-refractivity contribution in [2.24, 2.45) is 0 Å². The molecule has 3 atom stereocenters. The van der Waals surface area contributed by atoms with Crippen molar-refractivity contribution in [2.45, 2.75) is 83.7 Å². The zero-order chi connectivity index (χ0) is 42.8. The molecule has 3 aromatic carbocycles. The van der Waals surface area contributed by atoms with Crippen LogP contribution < -0.4 is 30.5 Å². The summed E-state index contributed by atoms with van der Waals surface area (Å²) in [6.45, 7) is 12.1. The van der Waals surface area contributed by atoms with E-state index in [-0.39, 0.29) is 53.6 Å². The van der Waals surface area contributed by atoms with Crippen LogP contribution in [-0.4, -0.2) is 95.0 Å². The molecule has 6 rings (SSSR count). The van der Waals surface area contributed by atoms with Crippen LogP contribution in [0.15, 0.2) is 60.7 Å². The maximum Gasteiger partial charge on any atom is 0.417 e. The Bertz CT molecular complexity index is 2180. The van der Waals surface area contributed by atoms with Gasteiger partial charge in [0.25, 0.3) is 5.91 Å². The Morgan fingerprint density at radius 2 is 1.71 bits per heavy atom. The predicted octanol–water partition coefficient (Wildman–Crippen LogP) is 5.69. The van der Waals surface area contributed by atoms with Crippen LogP contribution in [0.25, 0.3) is 0 Å². The number of carbonyl (C=O) groups is 4. The summed E-state index contributed by atoms with van der Waals surface area (Å²) in [4.78, 5) is 57.7. The summed E-state index contributed by atoms with van der Waals surface area (Å²) in [6, 6.07) is 16.9. The van der Waals surface area contributed by atoms with Gasteiger partial charge in [0.05, 0.1) is 29.4 Å². The fraction of sp³-hybridized carbons (Fsp3) is 0.429. The van der Waals surface area contributed by atoms with Crippen molar-refractivity contribution in [3.8, 4) is 11.8 Å². The molecule has 13 nitrogen and oxygen atoms in total. The highest BCUT2D eigenvalue weighted by molar-refractivity contribution is 7.81. The van der Waals surface area contributed by atoms with Crippen LogP contribution in [0.2, 0.25) is 0 Å². The van der Waals surface area contributed by atoms with E-state index in [0.717, 1.165) is 35.7 Å². The van der Waals surface area contributed by atoms with Gasteiger partial charge in [-0.15, -0.1) is 0 Å². The highest BCUT2D eigenvalue weighted by atomic mass is 32.1. The second kappa shape index (κ2) is 17.3. The van der Waals surface area contributed by atoms with Crippen LogP contribution >= 0.6 is 12.2 Å². The number of hydrogen-bond acceptors (Lipinski definition) is 10. The number of alkyl halides is 3. The zero-order valence-electron chi connectivity index (χ0n) is 33.5. The Hall–Kier alpha value is -5.57. The number of thiocarbonyl (C=S) groups is 1. The van der Waals surface area contributed by atoms with E-state index in [9.17, 15) is 37.6 Å². The molecular formula is C42H47F3N8O5S. The third kappa shape index (κ3) is 9.35. The summed E-state index contributed by atoms with van der Waals surface area (Å²) < 4.78 is 47.6. The molecule has 3 saturated heterocycles. The molecule has 0 spiro atoms. The van der Waals surface area contributed by atoms with Gasteiger partial charge < -0.3 is 20.3 Å². The summed E-state index contributed by atoms with van der Waals surface area (Å²) >= 11 is 5.72. The van der Waals surface area contributed by atoms with Crippen molar-refractivity contribution in [2.75, 3.05) is 53.2 Å². The molecule has 0 saturated carbocycles. The number of nitriles is 1. The highest BCUT2D eigenvalue weighted by Crippen LogP contribution is 2.40. The van der Waals surface area contributed by atoms with Crippen LogP contribution in [-0.2, 0) is 31.8 Å². The number of hydrogen-bond donors (Lipinski definition) is 3. The molecule has 3 heterocycles. The van der Waals surface area contributed by atoms with Crippen molar-refractivity contribution in [3.63, 3.8) is 0 Å². The van der Waals surface area contributed by atoms with Crippen molar-refractivity contribution < 1.29 is 37.1 Å². The highest BCUT2D eigenvalue weighted by Gasteiger charge is 2.51. The largest absolute Gasteiger partial charge is 0.492 e. The van der Waals surface area contributed by atoms with Crippen molar-refractivity contribution >= 4 is 63.7 Å². The maximum atomic E-state index is 13.8. The molecule has 312 valence electrons. The Labute approximate surface area is 346 Å². The first-order chi connectivity index (χ1) is 27.9. The number of anilines is 4. The molecule has 0 bridgehead atoms. The van der Waals surface area contributed by atoms with Gasteiger partial charge in [-0.2, -0.15) is 18.4 Å². The summed E-state index contributed by atoms with van der Waals surface area (Å²) in [5.41, 5.74) is -0.290. The van der Waals surface area contributed by atoms with Gasteiger partial charge in [-0.1, -0.05) is 13.0 Å². The van der Waals surface area contributed by atoms with Gasteiger partial charge >= 0.3 is 6.18 Å². The number of rotatable bonds is 12. The van der Waals surface area contributed by atoms with E-state index < -0.39 is 34.8 Å². The van der Waals surface area contributed by atoms with E-state index in [2.05, 4.69) is 39.6 Å². The fourth-order valence-corrected chi connectivity index (χ4v) is 8.43. The molecule has 3 aromatic rings. The van der Waals surface area contributed by atoms with Crippen molar-refractivity contribution in [1.29, 1.82) is 5.26 Å². The van der Waals surface area contributed by atoms with Gasteiger partial charge in [-0.05, 0) is 113 Å². The number of aryl methyl sites for hydroxylation is 1. The lowest BCUT2D eigenvalue weighted by Gasteiger charge is -2.44. The number of benzene rings is 3. The van der Waals surface area contributed by atoms with Crippen LogP contribution in [0.3, 0.4) is 0 Å². The molecule has 1 unspecified atom stereocenters. The number of imide groups is 1. The normalized spacial score (nSPS) is 21.3. The molecule has 4 amide bonds. The molecule has 59 heavy (non-hydrogen) atoms. The molecule has 3 fully saturated rings. The number of nitrogens with one attached hydrogen (secondary N) is 3. The lowest BCUT2D eigenvalue weighted by atomic mass is 10.0. The van der Waals surface area contributed by atoms with E-state index >= 15 is 0 Å². The first-order valence-electron chi connectivity index (χ1n) is 19.4. The molecule has 3 aliphatic rings. The minimum Gasteiger partial charge on any atom is -0.492 e. The van der Waals surface area contributed by atoms with Crippen LogP contribution in [0, 0.1) is 11.3 Å². The molecular weight excluding hydrogens is 786 g/mol. The molecule has 17 heteroatoms. The fourth-order valence-electron chi connectivity index (χ4n) is 7.91. The second-order valence-corrected chi connectivity index (χ2v) is 15.9. The predicted molar refractivity (Wildman–Crippen MR) is 221 cm³/mol. The monoisotopic (exact) mass is 832 g/mol. The Morgan fingerprint density at radius 3 is 2.37 bits per heavy atom. The maximum absolute atomic E-state index is 13.8. The number of carbonyl (C=O) groups excluding carboxylic acids is 4. The Balaban J connectivity index is 1.03. The van der Waals surface area contributed by atoms with Gasteiger partial charge in [-0.3, -0.25) is 39.2 Å². The van der Waals surface area contributed by atoms with E-state index in [1.807, 2.05) is 19.1 Å². The van der Waals surface area contributed by atoms with Gasteiger partial charge in [0.1, 0.15) is 23.9 Å². The average Bonchev–Trinajstić information content (AvgIpc) is 3.35. The van der Waals surface area contributed by atoms with E-state index in [1.54, 1.807) is 55.1 Å². The minimum absolute atomic E-state index is 0.0157. The van der Waals surface area contributed by atoms with Crippen LogP contribution in [0.4, 0.5) is 35.9 Å². The van der Waals surface area contributed by atoms with E-state index in [4.69, 9.17) is 17.0 Å². The quantitative estimate of drug-likeness (QED) is 0.153. The van der Waals surface area contributed by atoms with Crippen LogP contribution in [0.5, 0.6) is 5.75 Å². The topological polar surface area (TPSA) is 150 Å². The SMILES string of the molecule is CCc1cc(N2C(=S)N(c3ccc(C#N)c(C(F)(F)F)c3)C(=O)C2(C)C)ccc1OCCN1C[C@@H](C)N(CC(=O)Nc2cccc(NC3CCC(=O)NC3=O)c2)[C@H](C)C1. The Morgan fingerprint density at radius 1 is 1.02 bits per heavy atom. The third-order valence-corrected chi connectivity index (χ3v) is 11.3. The average molecular weight is 833 g/mol. The first kappa shape index (κ1) is 43.0. The number of piperidine rings is 1. The van der Waals surface area contributed by atoms with Crippen molar-refractivity contribution in [1.82, 2.24) is 15.1 Å². The lowest BCUT2D eigenvalue weighted by Crippen LogP contribution is -2.58. The smallest absolute Gasteiger partial charge is 0.417 e. The second-order valence-electron chi connectivity index (χ2n) is 15.6. The molecule has 3 N–H and O–H groups in total. The number of nitrogens with zero attached hydrogens (tertiary/aromatic N) is 5. The summed E-state index contributed by atoms with van der Waals surface area (Å²) in [6.07, 6.45) is -3.54. The van der Waals surface area contributed by atoms with Gasteiger partial charge in [0.15, 0.2) is 5.11 Å². The van der Waals surface area contributed by atoms with E-state index in [1.165, 1.54) is 6.07 Å². The van der Waals surface area contributed by atoms with Gasteiger partial charge in [0.2, 0.25) is 17.7 Å². The summed E-state index contributed by atoms with van der Waals surface area (Å²) in [7, 11) is 0. The van der Waals surface area contributed by atoms with Gasteiger partial charge in [0, 0.05) is 55.2 Å². The standard InChI is InChI=1S/C42H47F3N8O5S/c1-6-27-18-32(53-40(59)52(39(57)41(53,4)5)31-11-10-28(21-46)33(20-31)42(43,44)45)12-14-35(27)58-17-16-50-22-25(2)51(26(3)23-50)24-37(55)48-30-9-7-8-29(19-30)47-34-13-15-36(54)49-38(34)56/h7-12,14,18-20,25-26,34,47H,6,13,15-17,22-24H2,1-5H3,(H,48,55)(H,49,54,56)/t25-,26-,34?/m1/s1. The minimum atomic E-state index is -4.80. The Kier molecular flexibility index (Phi) is 12.6. The number of halogens is 3. The van der Waals surface area contributed by atoms with Gasteiger partial charge in [-0.25, -0.2) is 0 Å². The van der Waals surface area contributed by atoms with E-state index in [0.29, 0.717) is 48.8 Å². The molecule has 0 radical (unpaired) electrons. The number of amides is 4. The van der Waals surface area contributed by atoms with Crippen molar-refractivity contribution in [3.05, 3.63) is 77.4 Å². The molecule has 0 aromatic heterocycles. The van der Waals surface area contributed by atoms with Crippen LogP contribution in [0.1, 0.15) is 64.2 Å².